The van der Waals surface area contributed by atoms with Crippen molar-refractivity contribution in [2.24, 2.45) is 5.41 Å². The maximum atomic E-state index is 9.01. The third kappa shape index (κ3) is 1.41. The van der Waals surface area contributed by atoms with E-state index in [9.17, 15) is 0 Å². The molecule has 0 aromatic carbocycles. The molecule has 1 aromatic heterocycles. The van der Waals surface area contributed by atoms with Crippen LogP contribution in [0.1, 0.15) is 18.5 Å². The fourth-order valence-corrected chi connectivity index (χ4v) is 1.66. The molecule has 1 N–H and O–H groups in total. The second kappa shape index (κ2) is 2.53. The van der Waals surface area contributed by atoms with Gasteiger partial charge in [0, 0.05) is 18.4 Å². The molecule has 0 spiro atoms. The van der Waals surface area contributed by atoms with Crippen molar-refractivity contribution >= 4 is 11.5 Å². The molecule has 0 saturated heterocycles. The van der Waals surface area contributed by atoms with Crippen LogP contribution >= 0.6 is 11.5 Å². The van der Waals surface area contributed by atoms with Crippen LogP contribution in [0.25, 0.3) is 0 Å². The van der Waals surface area contributed by atoms with Crippen LogP contribution in [0, 0.1) is 5.41 Å². The highest BCUT2D eigenvalue weighted by molar-refractivity contribution is 7.03. The van der Waals surface area contributed by atoms with Gasteiger partial charge in [0.05, 0.1) is 5.69 Å². The zero-order valence-corrected chi connectivity index (χ0v) is 6.97. The Balaban J connectivity index is 2.01. The zero-order chi connectivity index (χ0) is 7.73. The normalized spacial score (nSPS) is 20.1. The number of aliphatic hydroxyl groups is 1. The monoisotopic (exact) mass is 170 g/mol. The van der Waals surface area contributed by atoms with E-state index >= 15 is 0 Å². The summed E-state index contributed by atoms with van der Waals surface area (Å²) < 4.78 is 3.78. The van der Waals surface area contributed by atoms with Crippen molar-refractivity contribution in [1.82, 2.24) is 9.59 Å². The van der Waals surface area contributed by atoms with Crippen molar-refractivity contribution in [3.05, 3.63) is 11.1 Å². The first kappa shape index (κ1) is 7.18. The van der Waals surface area contributed by atoms with Crippen molar-refractivity contribution in [2.75, 3.05) is 6.61 Å². The van der Waals surface area contributed by atoms with Crippen LogP contribution in [-0.4, -0.2) is 21.3 Å². The van der Waals surface area contributed by atoms with Gasteiger partial charge in [0.1, 0.15) is 0 Å². The average Bonchev–Trinajstić information content (AvgIpc) is 2.59. The summed E-state index contributed by atoms with van der Waals surface area (Å²) in [5.41, 5.74) is 1.21. The van der Waals surface area contributed by atoms with Crippen LogP contribution in [0.2, 0.25) is 0 Å². The summed E-state index contributed by atoms with van der Waals surface area (Å²) in [5.74, 6) is 0. The lowest BCUT2D eigenvalue weighted by atomic mass is 10.0. The van der Waals surface area contributed by atoms with Gasteiger partial charge in [-0.15, -0.1) is 5.10 Å². The molecule has 2 rings (SSSR count). The Kier molecular flexibility index (Phi) is 1.65. The topological polar surface area (TPSA) is 46.0 Å². The van der Waals surface area contributed by atoms with Gasteiger partial charge in [-0.05, 0) is 29.8 Å². The summed E-state index contributed by atoms with van der Waals surface area (Å²) in [4.78, 5) is 0. The van der Waals surface area contributed by atoms with Gasteiger partial charge in [-0.3, -0.25) is 0 Å². The van der Waals surface area contributed by atoms with E-state index in [1.807, 2.05) is 5.38 Å². The summed E-state index contributed by atoms with van der Waals surface area (Å²) in [6.45, 7) is 0.296. The Morgan fingerprint density at radius 3 is 2.91 bits per heavy atom. The maximum absolute atomic E-state index is 9.01. The highest BCUT2D eigenvalue weighted by Gasteiger charge is 2.42. The van der Waals surface area contributed by atoms with E-state index in [0.717, 1.165) is 25.0 Å². The molecule has 1 saturated carbocycles. The number of nitrogens with zero attached hydrogens (tertiary/aromatic N) is 2. The number of hydrogen-bond donors (Lipinski definition) is 1. The Morgan fingerprint density at radius 1 is 1.64 bits per heavy atom. The lowest BCUT2D eigenvalue weighted by Crippen LogP contribution is -2.10. The second-order valence-corrected chi connectivity index (χ2v) is 3.84. The standard InChI is InChI=1S/C7H10N2OS/c10-5-7(1-2-7)3-6-4-11-9-8-6/h4,10H,1-3,5H2. The van der Waals surface area contributed by atoms with Crippen LogP contribution in [0.5, 0.6) is 0 Å². The molecular formula is C7H10N2OS. The third-order valence-electron chi connectivity index (χ3n) is 2.25. The number of aromatic nitrogens is 2. The predicted molar refractivity (Wildman–Crippen MR) is 42.4 cm³/mol. The lowest BCUT2D eigenvalue weighted by Gasteiger charge is -2.06. The molecule has 0 bridgehead atoms. The predicted octanol–water partition coefficient (Wildman–Crippen LogP) is 0.853. The Labute approximate surface area is 69.2 Å². The molecular weight excluding hydrogens is 160 g/mol. The van der Waals surface area contributed by atoms with Crippen molar-refractivity contribution in [1.29, 1.82) is 0 Å². The third-order valence-corrected chi connectivity index (χ3v) is 2.81. The quantitative estimate of drug-likeness (QED) is 0.731. The van der Waals surface area contributed by atoms with E-state index in [1.54, 1.807) is 0 Å². The summed E-state index contributed by atoms with van der Waals surface area (Å²) >= 11 is 1.38. The van der Waals surface area contributed by atoms with Crippen molar-refractivity contribution in [2.45, 2.75) is 19.3 Å². The van der Waals surface area contributed by atoms with Gasteiger partial charge in [0.25, 0.3) is 0 Å². The van der Waals surface area contributed by atoms with Gasteiger partial charge >= 0.3 is 0 Å². The van der Waals surface area contributed by atoms with Crippen molar-refractivity contribution in [3.8, 4) is 0 Å². The molecule has 1 aliphatic rings. The molecule has 60 valence electrons. The summed E-state index contributed by atoms with van der Waals surface area (Å²) in [6, 6.07) is 0. The number of rotatable bonds is 3. The van der Waals surface area contributed by atoms with E-state index < -0.39 is 0 Å². The highest BCUT2D eigenvalue weighted by Crippen LogP contribution is 2.47. The number of hydrogen-bond acceptors (Lipinski definition) is 4. The molecule has 0 radical (unpaired) electrons. The van der Waals surface area contributed by atoms with E-state index in [0.29, 0.717) is 6.61 Å². The van der Waals surface area contributed by atoms with Crippen LogP contribution in [-0.2, 0) is 6.42 Å². The molecule has 4 heteroatoms. The minimum atomic E-state index is 0.176. The van der Waals surface area contributed by atoms with Crippen molar-refractivity contribution < 1.29 is 5.11 Å². The smallest absolute Gasteiger partial charge is 0.0761 e. The average molecular weight is 170 g/mol. The first-order valence-electron chi connectivity index (χ1n) is 3.71. The fraction of sp³-hybridized carbons (Fsp3) is 0.714. The molecule has 0 amide bonds. The number of aliphatic hydroxyl groups excluding tert-OH is 1. The van der Waals surface area contributed by atoms with Crippen LogP contribution in [0.3, 0.4) is 0 Å². The van der Waals surface area contributed by atoms with Crippen LogP contribution in [0.15, 0.2) is 5.38 Å². The highest BCUT2D eigenvalue weighted by atomic mass is 32.1. The molecule has 3 nitrogen and oxygen atoms in total. The maximum Gasteiger partial charge on any atom is 0.0761 e. The molecule has 0 atom stereocenters. The second-order valence-electron chi connectivity index (χ2n) is 3.23. The molecule has 0 aliphatic heterocycles. The summed E-state index contributed by atoms with van der Waals surface area (Å²) in [5, 5.41) is 14.9. The van der Waals surface area contributed by atoms with E-state index in [2.05, 4.69) is 9.59 Å². The first-order valence-corrected chi connectivity index (χ1v) is 4.55. The van der Waals surface area contributed by atoms with Gasteiger partial charge in [-0.1, -0.05) is 4.49 Å². The fourth-order valence-electron chi connectivity index (χ4n) is 1.21. The lowest BCUT2D eigenvalue weighted by molar-refractivity contribution is 0.210. The molecule has 0 unspecified atom stereocenters. The SMILES string of the molecule is OCC1(Cc2csnn2)CC1. The first-order chi connectivity index (χ1) is 5.35. The molecule has 1 aliphatic carbocycles. The summed E-state index contributed by atoms with van der Waals surface area (Å²) in [7, 11) is 0. The van der Waals surface area contributed by atoms with Gasteiger partial charge in [-0.2, -0.15) is 0 Å². The largest absolute Gasteiger partial charge is 0.396 e. The van der Waals surface area contributed by atoms with E-state index in [-0.39, 0.29) is 5.41 Å². The summed E-state index contributed by atoms with van der Waals surface area (Å²) in [6.07, 6.45) is 3.18. The molecule has 1 heterocycles. The van der Waals surface area contributed by atoms with Gasteiger partial charge < -0.3 is 5.11 Å². The van der Waals surface area contributed by atoms with Gasteiger partial charge in [0.15, 0.2) is 0 Å². The van der Waals surface area contributed by atoms with Gasteiger partial charge in [-0.25, -0.2) is 0 Å². The zero-order valence-electron chi connectivity index (χ0n) is 6.16. The molecule has 1 fully saturated rings. The van der Waals surface area contributed by atoms with E-state index in [4.69, 9.17) is 5.11 Å². The molecule has 11 heavy (non-hydrogen) atoms. The van der Waals surface area contributed by atoms with Crippen molar-refractivity contribution in [3.63, 3.8) is 0 Å². The van der Waals surface area contributed by atoms with Crippen LogP contribution < -0.4 is 0 Å². The van der Waals surface area contributed by atoms with Gasteiger partial charge in [0.2, 0.25) is 0 Å². The Bertz CT molecular complexity index is 231. The molecule has 1 aromatic rings. The minimum Gasteiger partial charge on any atom is -0.396 e. The van der Waals surface area contributed by atoms with E-state index in [1.165, 1.54) is 11.5 Å². The Hall–Kier alpha value is -0.480. The Morgan fingerprint density at radius 2 is 2.45 bits per heavy atom. The minimum absolute atomic E-state index is 0.176. The van der Waals surface area contributed by atoms with Crippen LogP contribution in [0.4, 0.5) is 0 Å².